The monoisotopic (exact) mass is 181 g/mol. The van der Waals surface area contributed by atoms with Gasteiger partial charge in [0.05, 0.1) is 0 Å². The molecule has 0 amide bonds. The van der Waals surface area contributed by atoms with E-state index in [9.17, 15) is 5.11 Å². The molecule has 1 unspecified atom stereocenters. The molecule has 1 atom stereocenters. The average molecular weight is 181 g/mol. The highest BCUT2D eigenvalue weighted by Gasteiger charge is 2.15. The third-order valence-electron chi connectivity index (χ3n) is 2.50. The second-order valence-electron chi connectivity index (χ2n) is 3.64. The van der Waals surface area contributed by atoms with Gasteiger partial charge in [-0.3, -0.25) is 4.90 Å². The maximum Gasteiger partial charge on any atom is 0.130 e. The van der Waals surface area contributed by atoms with E-state index in [0.29, 0.717) is 0 Å². The topological polar surface area (TPSA) is 54.4 Å². The van der Waals surface area contributed by atoms with E-state index in [4.69, 9.17) is 5.73 Å². The Balaban J connectivity index is 2.28. The molecule has 1 aliphatic rings. The molecule has 13 heavy (non-hydrogen) atoms. The van der Waals surface area contributed by atoms with E-state index < -0.39 is 6.23 Å². The van der Waals surface area contributed by atoms with E-state index in [2.05, 4.69) is 16.5 Å². The van der Waals surface area contributed by atoms with E-state index in [0.717, 1.165) is 25.2 Å². The number of rotatable bonds is 1. The van der Waals surface area contributed by atoms with Crippen molar-refractivity contribution in [1.82, 2.24) is 9.47 Å². The lowest BCUT2D eigenvalue weighted by molar-refractivity contribution is 0.186. The van der Waals surface area contributed by atoms with Crippen LogP contribution in [-0.4, -0.2) is 28.2 Å². The van der Waals surface area contributed by atoms with Gasteiger partial charge in [0.25, 0.3) is 0 Å². The first-order chi connectivity index (χ1) is 6.16. The van der Waals surface area contributed by atoms with Gasteiger partial charge in [-0.15, -0.1) is 0 Å². The van der Waals surface area contributed by atoms with Crippen molar-refractivity contribution in [2.75, 3.05) is 13.6 Å². The maximum absolute atomic E-state index is 9.19. The normalized spacial score (nSPS) is 19.9. The Morgan fingerprint density at radius 2 is 2.31 bits per heavy atom. The first-order valence-corrected chi connectivity index (χ1v) is 4.48. The van der Waals surface area contributed by atoms with Crippen LogP contribution in [0.1, 0.15) is 17.5 Å². The van der Waals surface area contributed by atoms with Crippen molar-refractivity contribution in [3.05, 3.63) is 23.5 Å². The van der Waals surface area contributed by atoms with Gasteiger partial charge in [0.1, 0.15) is 6.23 Å². The van der Waals surface area contributed by atoms with Crippen LogP contribution in [-0.2, 0) is 13.1 Å². The lowest BCUT2D eigenvalue weighted by Crippen LogP contribution is -2.29. The van der Waals surface area contributed by atoms with Crippen molar-refractivity contribution in [3.8, 4) is 0 Å². The lowest BCUT2D eigenvalue weighted by atomic mass is 10.2. The van der Waals surface area contributed by atoms with Crippen LogP contribution in [0.25, 0.3) is 0 Å². The number of aliphatic hydroxyl groups excluding tert-OH is 1. The van der Waals surface area contributed by atoms with Crippen molar-refractivity contribution in [1.29, 1.82) is 0 Å². The summed E-state index contributed by atoms with van der Waals surface area (Å²) in [6.45, 7) is 2.98. The number of nitrogens with two attached hydrogens (primary N) is 1. The SMILES string of the molecule is CN1CCn2cc(C(N)O)cc2C1. The zero-order chi connectivity index (χ0) is 9.42. The number of hydrogen-bond donors (Lipinski definition) is 2. The number of aliphatic hydroxyl groups is 1. The molecule has 0 spiro atoms. The minimum Gasteiger partial charge on any atom is -0.374 e. The summed E-state index contributed by atoms with van der Waals surface area (Å²) in [5, 5.41) is 9.19. The first-order valence-electron chi connectivity index (χ1n) is 4.48. The van der Waals surface area contributed by atoms with Gasteiger partial charge in [0, 0.05) is 37.1 Å². The summed E-state index contributed by atoms with van der Waals surface area (Å²) in [7, 11) is 2.09. The number of hydrogen-bond acceptors (Lipinski definition) is 3. The third kappa shape index (κ3) is 1.60. The standard InChI is InChI=1S/C9H15N3O/c1-11-2-3-12-5-7(9(10)13)4-8(12)6-11/h4-5,9,13H,2-3,6,10H2,1H3. The van der Waals surface area contributed by atoms with E-state index in [1.54, 1.807) is 0 Å². The lowest BCUT2D eigenvalue weighted by Gasteiger charge is -2.24. The summed E-state index contributed by atoms with van der Waals surface area (Å²) in [6.07, 6.45) is 1.09. The molecule has 1 aromatic heterocycles. The Kier molecular flexibility index (Phi) is 2.11. The largest absolute Gasteiger partial charge is 0.374 e. The predicted molar refractivity (Wildman–Crippen MR) is 49.9 cm³/mol. The average Bonchev–Trinajstić information content (AvgIpc) is 2.46. The van der Waals surface area contributed by atoms with Crippen LogP contribution >= 0.6 is 0 Å². The van der Waals surface area contributed by atoms with Gasteiger partial charge in [-0.05, 0) is 13.1 Å². The van der Waals surface area contributed by atoms with Crippen molar-refractivity contribution >= 4 is 0 Å². The Labute approximate surface area is 77.6 Å². The highest BCUT2D eigenvalue weighted by molar-refractivity contribution is 5.21. The molecule has 2 heterocycles. The van der Waals surface area contributed by atoms with Gasteiger partial charge in [-0.25, -0.2) is 0 Å². The fraction of sp³-hybridized carbons (Fsp3) is 0.556. The molecule has 2 rings (SSSR count). The van der Waals surface area contributed by atoms with Gasteiger partial charge in [0.2, 0.25) is 0 Å². The molecule has 1 aliphatic heterocycles. The molecule has 1 aromatic rings. The molecule has 0 fully saturated rings. The molecule has 0 radical (unpaired) electrons. The Morgan fingerprint density at radius 1 is 1.54 bits per heavy atom. The quantitative estimate of drug-likeness (QED) is 0.594. The number of nitrogens with zero attached hydrogens (tertiary/aromatic N) is 2. The van der Waals surface area contributed by atoms with Crippen LogP contribution in [0.3, 0.4) is 0 Å². The maximum atomic E-state index is 9.19. The van der Waals surface area contributed by atoms with E-state index in [-0.39, 0.29) is 0 Å². The summed E-state index contributed by atoms with van der Waals surface area (Å²) in [5.74, 6) is 0. The van der Waals surface area contributed by atoms with Gasteiger partial charge >= 0.3 is 0 Å². The van der Waals surface area contributed by atoms with Crippen LogP contribution in [0, 0.1) is 0 Å². The Morgan fingerprint density at radius 3 is 3.00 bits per heavy atom. The second-order valence-corrected chi connectivity index (χ2v) is 3.64. The van der Waals surface area contributed by atoms with Crippen LogP contribution in [0.15, 0.2) is 12.3 Å². The molecule has 72 valence electrons. The Hall–Kier alpha value is -0.840. The number of likely N-dealkylation sites (N-methyl/N-ethyl adjacent to an activating group) is 1. The van der Waals surface area contributed by atoms with Crippen LogP contribution in [0.2, 0.25) is 0 Å². The van der Waals surface area contributed by atoms with Gasteiger partial charge in [0.15, 0.2) is 0 Å². The minimum atomic E-state index is -0.844. The van der Waals surface area contributed by atoms with Crippen LogP contribution < -0.4 is 5.73 Å². The first kappa shape index (κ1) is 8.74. The number of aromatic nitrogens is 1. The van der Waals surface area contributed by atoms with Crippen molar-refractivity contribution in [2.45, 2.75) is 19.3 Å². The molecule has 4 nitrogen and oxygen atoms in total. The van der Waals surface area contributed by atoms with Crippen molar-refractivity contribution in [3.63, 3.8) is 0 Å². The smallest absolute Gasteiger partial charge is 0.130 e. The molecule has 0 saturated carbocycles. The molecule has 0 bridgehead atoms. The predicted octanol–water partition coefficient (Wildman–Crippen LogP) is -0.117. The second kappa shape index (κ2) is 3.14. The molecule has 0 aliphatic carbocycles. The van der Waals surface area contributed by atoms with Gasteiger partial charge in [-0.1, -0.05) is 0 Å². The minimum absolute atomic E-state index is 0.810. The molecule has 0 aromatic carbocycles. The molecule has 4 heteroatoms. The molecule has 0 saturated heterocycles. The zero-order valence-electron chi connectivity index (χ0n) is 7.77. The molecule has 3 N–H and O–H groups in total. The van der Waals surface area contributed by atoms with Crippen molar-refractivity contribution < 1.29 is 5.11 Å². The van der Waals surface area contributed by atoms with Gasteiger partial charge < -0.3 is 15.4 Å². The van der Waals surface area contributed by atoms with E-state index in [1.807, 2.05) is 12.3 Å². The van der Waals surface area contributed by atoms with E-state index in [1.165, 1.54) is 5.69 Å². The summed E-state index contributed by atoms with van der Waals surface area (Å²) >= 11 is 0. The van der Waals surface area contributed by atoms with Crippen LogP contribution in [0.4, 0.5) is 0 Å². The molecular weight excluding hydrogens is 166 g/mol. The highest BCUT2D eigenvalue weighted by atomic mass is 16.3. The van der Waals surface area contributed by atoms with Crippen LogP contribution in [0.5, 0.6) is 0 Å². The summed E-state index contributed by atoms with van der Waals surface area (Å²) in [5.41, 5.74) is 7.43. The summed E-state index contributed by atoms with van der Waals surface area (Å²) in [6, 6.07) is 1.97. The molecular formula is C9H15N3O. The summed E-state index contributed by atoms with van der Waals surface area (Å²) in [4.78, 5) is 2.25. The number of fused-ring (bicyclic) bond motifs is 1. The van der Waals surface area contributed by atoms with Crippen molar-refractivity contribution in [2.24, 2.45) is 5.73 Å². The highest BCUT2D eigenvalue weighted by Crippen LogP contribution is 2.17. The Bertz CT molecular complexity index is 306. The fourth-order valence-electron chi connectivity index (χ4n) is 1.72. The fourth-order valence-corrected chi connectivity index (χ4v) is 1.72. The van der Waals surface area contributed by atoms with E-state index >= 15 is 0 Å². The third-order valence-corrected chi connectivity index (χ3v) is 2.50. The van der Waals surface area contributed by atoms with Gasteiger partial charge in [-0.2, -0.15) is 0 Å². The zero-order valence-corrected chi connectivity index (χ0v) is 7.77. The summed E-state index contributed by atoms with van der Waals surface area (Å²) < 4.78 is 2.16.